The van der Waals surface area contributed by atoms with Crippen molar-refractivity contribution in [1.29, 1.82) is 0 Å². The zero-order valence-corrected chi connectivity index (χ0v) is 12.4. The second-order valence-corrected chi connectivity index (χ2v) is 5.31. The number of amides is 3. The van der Waals surface area contributed by atoms with E-state index in [9.17, 15) is 9.59 Å². The van der Waals surface area contributed by atoms with Crippen LogP contribution in [-0.2, 0) is 0 Å². The van der Waals surface area contributed by atoms with Gasteiger partial charge in [-0.05, 0) is 18.1 Å². The number of piperazine rings is 1. The number of rotatable bonds is 3. The van der Waals surface area contributed by atoms with Gasteiger partial charge in [0.15, 0.2) is 5.76 Å². The van der Waals surface area contributed by atoms with Crippen LogP contribution < -0.4 is 5.32 Å². The zero-order valence-electron chi connectivity index (χ0n) is 12.4. The Morgan fingerprint density at radius 2 is 1.90 bits per heavy atom. The highest BCUT2D eigenvalue weighted by molar-refractivity contribution is 5.91. The summed E-state index contributed by atoms with van der Waals surface area (Å²) in [5.41, 5.74) is 0. The van der Waals surface area contributed by atoms with E-state index >= 15 is 0 Å². The van der Waals surface area contributed by atoms with Gasteiger partial charge in [-0.3, -0.25) is 4.79 Å². The Morgan fingerprint density at radius 3 is 2.48 bits per heavy atom. The van der Waals surface area contributed by atoms with Gasteiger partial charge in [0.2, 0.25) is 0 Å². The first kappa shape index (κ1) is 15.2. The number of hydrogen-bond donors (Lipinski definition) is 1. The van der Waals surface area contributed by atoms with Crippen molar-refractivity contribution in [2.24, 2.45) is 5.92 Å². The summed E-state index contributed by atoms with van der Waals surface area (Å²) in [6.07, 6.45) is 5.08. The van der Waals surface area contributed by atoms with Crippen LogP contribution in [0.3, 0.4) is 0 Å². The van der Waals surface area contributed by atoms with Gasteiger partial charge in [0.25, 0.3) is 5.91 Å². The number of carbonyl (C=O) groups is 2. The fourth-order valence-corrected chi connectivity index (χ4v) is 2.07. The quantitative estimate of drug-likeness (QED) is 0.925. The Hall–Kier alpha value is -2.24. The van der Waals surface area contributed by atoms with E-state index in [1.165, 1.54) is 6.26 Å². The summed E-state index contributed by atoms with van der Waals surface area (Å²) in [7, 11) is 0. The maximum Gasteiger partial charge on any atom is 0.321 e. The minimum Gasteiger partial charge on any atom is -0.459 e. The van der Waals surface area contributed by atoms with Crippen LogP contribution in [0.2, 0.25) is 0 Å². The van der Waals surface area contributed by atoms with Crippen molar-refractivity contribution in [3.05, 3.63) is 36.4 Å². The minimum absolute atomic E-state index is 0.125. The molecule has 1 aromatic heterocycles. The van der Waals surface area contributed by atoms with Crippen molar-refractivity contribution in [3.63, 3.8) is 0 Å². The lowest BCUT2D eigenvalue weighted by Gasteiger charge is -2.34. The molecule has 0 saturated carbocycles. The molecule has 6 heteroatoms. The lowest BCUT2D eigenvalue weighted by atomic mass is 10.2. The first-order valence-electron chi connectivity index (χ1n) is 7.13. The second kappa shape index (κ2) is 6.97. The normalized spacial score (nSPS) is 15.8. The molecule has 0 bridgehead atoms. The maximum absolute atomic E-state index is 12.1. The summed E-state index contributed by atoms with van der Waals surface area (Å²) < 4.78 is 5.11. The lowest BCUT2D eigenvalue weighted by molar-refractivity contribution is 0.0636. The molecule has 0 atom stereocenters. The molecule has 6 nitrogen and oxygen atoms in total. The molecule has 114 valence electrons. The molecule has 2 rings (SSSR count). The van der Waals surface area contributed by atoms with Gasteiger partial charge in [0, 0.05) is 32.4 Å². The van der Waals surface area contributed by atoms with Crippen molar-refractivity contribution < 1.29 is 14.0 Å². The smallest absolute Gasteiger partial charge is 0.321 e. The summed E-state index contributed by atoms with van der Waals surface area (Å²) in [6.45, 7) is 6.16. The summed E-state index contributed by atoms with van der Waals surface area (Å²) in [6, 6.07) is 3.22. The first-order chi connectivity index (χ1) is 10.1. The zero-order chi connectivity index (χ0) is 15.2. The summed E-state index contributed by atoms with van der Waals surface area (Å²) in [5.74, 6) is 0.612. The topological polar surface area (TPSA) is 65.8 Å². The van der Waals surface area contributed by atoms with E-state index in [4.69, 9.17) is 4.42 Å². The Morgan fingerprint density at radius 1 is 1.24 bits per heavy atom. The number of allylic oxidation sites excluding steroid dienone is 1. The van der Waals surface area contributed by atoms with E-state index < -0.39 is 0 Å². The molecular weight excluding hydrogens is 270 g/mol. The van der Waals surface area contributed by atoms with Crippen LogP contribution in [-0.4, -0.2) is 47.9 Å². The second-order valence-electron chi connectivity index (χ2n) is 5.31. The molecule has 1 N–H and O–H groups in total. The Balaban J connectivity index is 1.80. The molecule has 1 aliphatic heterocycles. The third-order valence-corrected chi connectivity index (χ3v) is 3.27. The van der Waals surface area contributed by atoms with Gasteiger partial charge in [0.1, 0.15) is 0 Å². The van der Waals surface area contributed by atoms with Crippen LogP contribution in [0.1, 0.15) is 24.4 Å². The van der Waals surface area contributed by atoms with Crippen molar-refractivity contribution >= 4 is 11.9 Å². The number of nitrogens with zero attached hydrogens (tertiary/aromatic N) is 2. The molecule has 1 saturated heterocycles. The van der Waals surface area contributed by atoms with Crippen LogP contribution in [0.15, 0.2) is 35.1 Å². The number of urea groups is 1. The van der Waals surface area contributed by atoms with Crippen molar-refractivity contribution in [2.75, 3.05) is 26.2 Å². The van der Waals surface area contributed by atoms with Gasteiger partial charge in [-0.15, -0.1) is 0 Å². The molecule has 0 spiro atoms. The summed E-state index contributed by atoms with van der Waals surface area (Å²) >= 11 is 0. The van der Waals surface area contributed by atoms with Crippen molar-refractivity contribution in [1.82, 2.24) is 15.1 Å². The van der Waals surface area contributed by atoms with Crippen molar-refractivity contribution in [3.8, 4) is 0 Å². The number of carbonyl (C=O) groups excluding carboxylic acids is 2. The average molecular weight is 291 g/mol. The molecule has 0 unspecified atom stereocenters. The molecule has 0 aromatic carbocycles. The summed E-state index contributed by atoms with van der Waals surface area (Å²) in [4.78, 5) is 27.4. The van der Waals surface area contributed by atoms with Crippen LogP contribution in [0.4, 0.5) is 4.79 Å². The van der Waals surface area contributed by atoms with E-state index in [0.717, 1.165) is 0 Å². The lowest BCUT2D eigenvalue weighted by Crippen LogP contribution is -2.52. The standard InChI is InChI=1S/C15H21N3O3/c1-12(2)5-6-16-15(20)18-9-7-17(8-10-18)14(19)13-4-3-11-21-13/h3-6,11-12H,7-10H2,1-2H3,(H,16,20)/b6-5+. The molecule has 1 aliphatic rings. The largest absolute Gasteiger partial charge is 0.459 e. The van der Waals surface area contributed by atoms with Gasteiger partial charge in [-0.25, -0.2) is 4.79 Å². The van der Waals surface area contributed by atoms with Crippen LogP contribution in [0, 0.1) is 5.92 Å². The molecule has 0 radical (unpaired) electrons. The van der Waals surface area contributed by atoms with E-state index in [2.05, 4.69) is 5.32 Å². The fourth-order valence-electron chi connectivity index (χ4n) is 2.07. The van der Waals surface area contributed by atoms with Crippen molar-refractivity contribution in [2.45, 2.75) is 13.8 Å². The summed E-state index contributed by atoms with van der Waals surface area (Å²) in [5, 5.41) is 2.74. The highest BCUT2D eigenvalue weighted by atomic mass is 16.3. The SMILES string of the molecule is CC(C)/C=C/NC(=O)N1CCN(C(=O)c2ccco2)CC1. The Bertz CT molecular complexity index is 500. The van der Waals surface area contributed by atoms with E-state index in [1.54, 1.807) is 28.1 Å². The fraction of sp³-hybridized carbons (Fsp3) is 0.467. The van der Waals surface area contributed by atoms with Gasteiger partial charge in [-0.1, -0.05) is 19.9 Å². The monoisotopic (exact) mass is 291 g/mol. The van der Waals surface area contributed by atoms with Gasteiger partial charge in [-0.2, -0.15) is 0 Å². The molecule has 3 amide bonds. The molecular formula is C15H21N3O3. The highest BCUT2D eigenvalue weighted by Crippen LogP contribution is 2.09. The number of hydrogen-bond acceptors (Lipinski definition) is 3. The molecule has 0 aliphatic carbocycles. The number of nitrogens with one attached hydrogen (secondary N) is 1. The van der Waals surface area contributed by atoms with E-state index in [-0.39, 0.29) is 11.9 Å². The van der Waals surface area contributed by atoms with Crippen LogP contribution in [0.5, 0.6) is 0 Å². The third-order valence-electron chi connectivity index (χ3n) is 3.27. The third kappa shape index (κ3) is 4.11. The minimum atomic E-state index is -0.128. The predicted molar refractivity (Wildman–Crippen MR) is 78.7 cm³/mol. The molecule has 2 heterocycles. The number of furan rings is 1. The van der Waals surface area contributed by atoms with Gasteiger partial charge >= 0.3 is 6.03 Å². The molecule has 1 aromatic rings. The van der Waals surface area contributed by atoms with Crippen LogP contribution in [0.25, 0.3) is 0 Å². The maximum atomic E-state index is 12.1. The molecule has 1 fully saturated rings. The Labute approximate surface area is 124 Å². The van der Waals surface area contributed by atoms with Gasteiger partial charge in [0.05, 0.1) is 6.26 Å². The molecule has 21 heavy (non-hydrogen) atoms. The average Bonchev–Trinajstić information content (AvgIpc) is 3.00. The predicted octanol–water partition coefficient (Wildman–Crippen LogP) is 1.92. The first-order valence-corrected chi connectivity index (χ1v) is 7.13. The Kier molecular flexibility index (Phi) is 5.03. The van der Waals surface area contributed by atoms with E-state index in [0.29, 0.717) is 37.9 Å². The highest BCUT2D eigenvalue weighted by Gasteiger charge is 2.25. The van der Waals surface area contributed by atoms with Crippen LogP contribution >= 0.6 is 0 Å². The van der Waals surface area contributed by atoms with E-state index in [1.807, 2.05) is 19.9 Å². The van der Waals surface area contributed by atoms with Gasteiger partial charge < -0.3 is 19.5 Å².